The van der Waals surface area contributed by atoms with Crippen molar-refractivity contribution in [2.24, 2.45) is 5.92 Å². The average Bonchev–Trinajstić information content (AvgIpc) is 2.94. The summed E-state index contributed by atoms with van der Waals surface area (Å²) in [6, 6.07) is 10.3. The number of nitrogens with zero attached hydrogens (tertiary/aromatic N) is 2. The van der Waals surface area contributed by atoms with Crippen molar-refractivity contribution in [2.75, 3.05) is 13.1 Å². The molecule has 0 bridgehead atoms. The predicted octanol–water partition coefficient (Wildman–Crippen LogP) is 2.67. The van der Waals surface area contributed by atoms with Gasteiger partial charge in [-0.15, -0.1) is 0 Å². The minimum Gasteiger partial charge on any atom is -0.349 e. The van der Waals surface area contributed by atoms with E-state index in [-0.39, 0.29) is 17.9 Å². The number of nitrogens with one attached hydrogen (secondary N) is 2. The molecule has 2 aromatic rings. The van der Waals surface area contributed by atoms with E-state index in [0.717, 1.165) is 48.6 Å². The van der Waals surface area contributed by atoms with Crippen molar-refractivity contribution in [2.45, 2.75) is 39.7 Å². The summed E-state index contributed by atoms with van der Waals surface area (Å²) in [5.41, 5.74) is 4.29. The molecular formula is C19H26N4O. The van der Waals surface area contributed by atoms with Crippen molar-refractivity contribution >= 4 is 5.91 Å². The minimum atomic E-state index is 0.0156. The third-order valence-electron chi connectivity index (χ3n) is 4.72. The number of piperidine rings is 1. The van der Waals surface area contributed by atoms with Crippen molar-refractivity contribution in [3.05, 3.63) is 47.3 Å². The summed E-state index contributed by atoms with van der Waals surface area (Å²) in [6.07, 6.45) is 1.85. The largest absolute Gasteiger partial charge is 0.349 e. The molecule has 5 heteroatoms. The molecule has 0 saturated carbocycles. The van der Waals surface area contributed by atoms with Crippen molar-refractivity contribution in [3.63, 3.8) is 0 Å². The van der Waals surface area contributed by atoms with Gasteiger partial charge in [0.1, 0.15) is 0 Å². The maximum absolute atomic E-state index is 12.4. The Balaban J connectivity index is 1.66. The number of rotatable bonds is 4. The number of hydrogen-bond donors (Lipinski definition) is 2. The Morgan fingerprint density at radius 3 is 2.50 bits per heavy atom. The van der Waals surface area contributed by atoms with E-state index in [4.69, 9.17) is 0 Å². The van der Waals surface area contributed by atoms with Crippen molar-refractivity contribution < 1.29 is 4.79 Å². The number of carbonyl (C=O) groups is 1. The Hall–Kier alpha value is -2.14. The fourth-order valence-corrected chi connectivity index (χ4v) is 3.29. The number of benzene rings is 1. The Morgan fingerprint density at radius 2 is 1.92 bits per heavy atom. The van der Waals surface area contributed by atoms with Gasteiger partial charge in [-0.05, 0) is 70.5 Å². The van der Waals surface area contributed by atoms with Gasteiger partial charge < -0.3 is 10.6 Å². The third-order valence-corrected chi connectivity index (χ3v) is 4.72. The highest BCUT2D eigenvalue weighted by molar-refractivity contribution is 5.79. The van der Waals surface area contributed by atoms with Crippen LogP contribution in [0.4, 0.5) is 0 Å². The Labute approximate surface area is 143 Å². The molecule has 0 radical (unpaired) electrons. The molecule has 5 nitrogen and oxygen atoms in total. The molecule has 1 aromatic carbocycles. The first kappa shape index (κ1) is 16.7. The molecule has 1 saturated heterocycles. The van der Waals surface area contributed by atoms with Gasteiger partial charge in [-0.25, -0.2) is 4.68 Å². The fourth-order valence-electron chi connectivity index (χ4n) is 3.29. The molecular weight excluding hydrogens is 300 g/mol. The fraction of sp³-hybridized carbons (Fsp3) is 0.474. The van der Waals surface area contributed by atoms with Crippen LogP contribution in [0.3, 0.4) is 0 Å². The van der Waals surface area contributed by atoms with Crippen LogP contribution in [0.5, 0.6) is 0 Å². The number of hydrogen-bond acceptors (Lipinski definition) is 3. The van der Waals surface area contributed by atoms with E-state index in [9.17, 15) is 4.79 Å². The molecule has 1 atom stereocenters. The number of amides is 1. The van der Waals surface area contributed by atoms with Gasteiger partial charge in [-0.3, -0.25) is 4.79 Å². The summed E-state index contributed by atoms with van der Waals surface area (Å²) >= 11 is 0. The maximum atomic E-state index is 12.4. The van der Waals surface area contributed by atoms with Gasteiger partial charge in [0.2, 0.25) is 5.91 Å². The van der Waals surface area contributed by atoms with Gasteiger partial charge in [-0.2, -0.15) is 5.10 Å². The Kier molecular flexibility index (Phi) is 5.00. The quantitative estimate of drug-likeness (QED) is 0.908. The van der Waals surface area contributed by atoms with Crippen LogP contribution in [0.15, 0.2) is 30.3 Å². The lowest BCUT2D eigenvalue weighted by Gasteiger charge is -2.24. The second-order valence-corrected chi connectivity index (χ2v) is 6.68. The normalized spacial score (nSPS) is 16.8. The molecule has 1 aromatic heterocycles. The molecule has 3 rings (SSSR count). The van der Waals surface area contributed by atoms with Crippen LogP contribution in [0.2, 0.25) is 0 Å². The highest BCUT2D eigenvalue weighted by Crippen LogP contribution is 2.19. The molecule has 1 amide bonds. The first-order valence-corrected chi connectivity index (χ1v) is 8.69. The summed E-state index contributed by atoms with van der Waals surface area (Å²) in [5.74, 6) is 0.314. The lowest BCUT2D eigenvalue weighted by molar-refractivity contribution is -0.126. The smallest absolute Gasteiger partial charge is 0.223 e. The van der Waals surface area contributed by atoms with E-state index in [1.807, 2.05) is 18.5 Å². The number of carbonyl (C=O) groups excluding carboxylic acids is 1. The molecule has 128 valence electrons. The topological polar surface area (TPSA) is 59.0 Å². The van der Waals surface area contributed by atoms with Crippen LogP contribution < -0.4 is 10.6 Å². The molecule has 2 heterocycles. The highest BCUT2D eigenvalue weighted by atomic mass is 16.1. The molecule has 1 aliphatic heterocycles. The van der Waals surface area contributed by atoms with Gasteiger partial charge in [-0.1, -0.05) is 12.1 Å². The molecule has 0 spiro atoms. The maximum Gasteiger partial charge on any atom is 0.223 e. The molecule has 2 N–H and O–H groups in total. The Bertz CT molecular complexity index is 699. The molecule has 1 aliphatic rings. The lowest BCUT2D eigenvalue weighted by atomic mass is 9.96. The average molecular weight is 326 g/mol. The Morgan fingerprint density at radius 1 is 1.25 bits per heavy atom. The van der Waals surface area contributed by atoms with Crippen LogP contribution in [0, 0.1) is 19.8 Å². The number of aryl methyl sites for hydroxylation is 2. The molecule has 1 unspecified atom stereocenters. The second kappa shape index (κ2) is 7.18. The zero-order valence-corrected chi connectivity index (χ0v) is 14.7. The SMILES string of the molecule is Cc1cc(C)n(-c2ccc(C(C)NC(=O)C3CCNCC3)cc2)n1. The van der Waals surface area contributed by atoms with Gasteiger partial charge >= 0.3 is 0 Å². The summed E-state index contributed by atoms with van der Waals surface area (Å²) in [4.78, 5) is 12.4. The summed E-state index contributed by atoms with van der Waals surface area (Å²) in [6.45, 7) is 7.96. The standard InChI is InChI=1S/C19H26N4O/c1-13-12-14(2)23(22-13)18-6-4-16(5-7-18)15(3)21-19(24)17-8-10-20-11-9-17/h4-7,12,15,17,20H,8-11H2,1-3H3,(H,21,24). The first-order chi connectivity index (χ1) is 11.5. The van der Waals surface area contributed by atoms with E-state index in [2.05, 4.69) is 53.0 Å². The third kappa shape index (κ3) is 3.67. The summed E-state index contributed by atoms with van der Waals surface area (Å²) in [7, 11) is 0. The zero-order chi connectivity index (χ0) is 17.1. The van der Waals surface area contributed by atoms with Crippen molar-refractivity contribution in [1.29, 1.82) is 0 Å². The van der Waals surface area contributed by atoms with E-state index in [1.165, 1.54) is 0 Å². The number of aromatic nitrogens is 2. The lowest BCUT2D eigenvalue weighted by Crippen LogP contribution is -2.39. The van der Waals surface area contributed by atoms with Gasteiger partial charge in [0.25, 0.3) is 0 Å². The first-order valence-electron chi connectivity index (χ1n) is 8.69. The van der Waals surface area contributed by atoms with Crippen LogP contribution in [0.1, 0.15) is 42.8 Å². The van der Waals surface area contributed by atoms with E-state index >= 15 is 0 Å². The van der Waals surface area contributed by atoms with E-state index in [0.29, 0.717) is 0 Å². The van der Waals surface area contributed by atoms with Gasteiger partial charge in [0.15, 0.2) is 0 Å². The molecule has 24 heavy (non-hydrogen) atoms. The van der Waals surface area contributed by atoms with E-state index < -0.39 is 0 Å². The van der Waals surface area contributed by atoms with E-state index in [1.54, 1.807) is 0 Å². The van der Waals surface area contributed by atoms with Crippen LogP contribution in [0.25, 0.3) is 5.69 Å². The summed E-state index contributed by atoms with van der Waals surface area (Å²) in [5, 5.41) is 11.0. The second-order valence-electron chi connectivity index (χ2n) is 6.68. The van der Waals surface area contributed by atoms with Crippen LogP contribution in [-0.2, 0) is 4.79 Å². The van der Waals surface area contributed by atoms with Crippen LogP contribution in [-0.4, -0.2) is 28.8 Å². The zero-order valence-electron chi connectivity index (χ0n) is 14.7. The molecule has 0 aliphatic carbocycles. The summed E-state index contributed by atoms with van der Waals surface area (Å²) < 4.78 is 1.94. The van der Waals surface area contributed by atoms with Crippen LogP contribution >= 0.6 is 0 Å². The monoisotopic (exact) mass is 326 g/mol. The minimum absolute atomic E-state index is 0.0156. The van der Waals surface area contributed by atoms with Crippen molar-refractivity contribution in [1.82, 2.24) is 20.4 Å². The predicted molar refractivity (Wildman–Crippen MR) is 95.2 cm³/mol. The van der Waals surface area contributed by atoms with Gasteiger partial charge in [0, 0.05) is 11.6 Å². The van der Waals surface area contributed by atoms with Crippen molar-refractivity contribution in [3.8, 4) is 5.69 Å². The molecule has 1 fully saturated rings. The van der Waals surface area contributed by atoms with Gasteiger partial charge in [0.05, 0.1) is 17.4 Å². The highest BCUT2D eigenvalue weighted by Gasteiger charge is 2.22.